The Bertz CT molecular complexity index is 279. The Hall–Kier alpha value is -1.31. The Morgan fingerprint density at radius 3 is 2.91 bits per heavy atom. The molecule has 0 spiro atoms. The van der Waals surface area contributed by atoms with Gasteiger partial charge in [0.1, 0.15) is 0 Å². The highest BCUT2D eigenvalue weighted by Crippen LogP contribution is 2.09. The van der Waals surface area contributed by atoms with Crippen molar-refractivity contribution < 1.29 is 0 Å². The summed E-state index contributed by atoms with van der Waals surface area (Å²) in [6.45, 7) is 0.854. The zero-order valence-corrected chi connectivity index (χ0v) is 6.25. The molecule has 11 heavy (non-hydrogen) atoms. The molecule has 0 atom stereocenters. The standard InChI is InChI=1S/C9H10N2/c1-2-4-9-7-11-10-6-5-8(9)3-1/h1-4,6,11H,5,7H2. The van der Waals surface area contributed by atoms with Gasteiger partial charge in [-0.15, -0.1) is 0 Å². The normalized spacial score (nSPS) is 14.9. The first kappa shape index (κ1) is 6.40. The minimum atomic E-state index is 0.854. The third-order valence-corrected chi connectivity index (χ3v) is 1.88. The number of fused-ring (bicyclic) bond motifs is 1. The first-order chi connectivity index (χ1) is 5.47. The van der Waals surface area contributed by atoms with Gasteiger partial charge in [0.2, 0.25) is 0 Å². The summed E-state index contributed by atoms with van der Waals surface area (Å²) < 4.78 is 0. The summed E-state index contributed by atoms with van der Waals surface area (Å²) in [5, 5.41) is 4.01. The molecular formula is C9H10N2. The average Bonchev–Trinajstić information content (AvgIpc) is 2.28. The summed E-state index contributed by atoms with van der Waals surface area (Å²) in [4.78, 5) is 0. The Morgan fingerprint density at radius 1 is 1.18 bits per heavy atom. The summed E-state index contributed by atoms with van der Waals surface area (Å²) in [6.07, 6.45) is 2.86. The molecule has 0 aromatic heterocycles. The summed E-state index contributed by atoms with van der Waals surface area (Å²) >= 11 is 0. The van der Waals surface area contributed by atoms with Crippen LogP contribution in [0.25, 0.3) is 0 Å². The highest BCUT2D eigenvalue weighted by Gasteiger charge is 2.01. The molecule has 0 aliphatic carbocycles. The van der Waals surface area contributed by atoms with Gasteiger partial charge in [-0.3, -0.25) is 0 Å². The topological polar surface area (TPSA) is 24.4 Å². The molecule has 2 heteroatoms. The number of nitrogens with one attached hydrogen (secondary N) is 1. The first-order valence-corrected chi connectivity index (χ1v) is 3.78. The Labute approximate surface area is 65.9 Å². The molecule has 1 heterocycles. The predicted molar refractivity (Wildman–Crippen MR) is 45.5 cm³/mol. The second-order valence-corrected chi connectivity index (χ2v) is 2.62. The maximum absolute atomic E-state index is 4.01. The molecule has 0 amide bonds. The van der Waals surface area contributed by atoms with Gasteiger partial charge in [0.05, 0.1) is 6.54 Å². The first-order valence-electron chi connectivity index (χ1n) is 3.78. The third kappa shape index (κ3) is 1.24. The summed E-state index contributed by atoms with van der Waals surface area (Å²) in [6, 6.07) is 8.41. The molecule has 0 saturated heterocycles. The molecule has 2 rings (SSSR count). The highest BCUT2D eigenvalue weighted by molar-refractivity contribution is 5.62. The molecule has 2 nitrogen and oxygen atoms in total. The van der Waals surface area contributed by atoms with Crippen LogP contribution in [0.1, 0.15) is 11.1 Å². The number of nitrogens with zero attached hydrogens (tertiary/aromatic N) is 1. The molecule has 0 saturated carbocycles. The van der Waals surface area contributed by atoms with Crippen LogP contribution in [0.3, 0.4) is 0 Å². The van der Waals surface area contributed by atoms with Crippen LogP contribution in [0.5, 0.6) is 0 Å². The van der Waals surface area contributed by atoms with E-state index in [1.165, 1.54) is 11.1 Å². The van der Waals surface area contributed by atoms with Crippen LogP contribution in [0, 0.1) is 0 Å². The molecule has 1 aliphatic rings. The van der Waals surface area contributed by atoms with Crippen molar-refractivity contribution in [2.75, 3.05) is 0 Å². The van der Waals surface area contributed by atoms with Crippen LogP contribution in [0.4, 0.5) is 0 Å². The summed E-state index contributed by atoms with van der Waals surface area (Å²) in [5.41, 5.74) is 5.70. The van der Waals surface area contributed by atoms with Crippen molar-refractivity contribution in [3.8, 4) is 0 Å². The SMILES string of the molecule is C1=NNCc2ccccc2C1. The lowest BCUT2D eigenvalue weighted by molar-refractivity contribution is 0.752. The zero-order chi connectivity index (χ0) is 7.52. The van der Waals surface area contributed by atoms with Gasteiger partial charge in [-0.25, -0.2) is 0 Å². The maximum atomic E-state index is 4.01. The number of hydrazone groups is 1. The van der Waals surface area contributed by atoms with Crippen LogP contribution >= 0.6 is 0 Å². The van der Waals surface area contributed by atoms with Crippen LogP contribution in [0.2, 0.25) is 0 Å². The van der Waals surface area contributed by atoms with Crippen LogP contribution in [0.15, 0.2) is 29.4 Å². The van der Waals surface area contributed by atoms with Crippen molar-refractivity contribution in [2.45, 2.75) is 13.0 Å². The molecule has 56 valence electrons. The van der Waals surface area contributed by atoms with E-state index in [9.17, 15) is 0 Å². The van der Waals surface area contributed by atoms with E-state index in [2.05, 4.69) is 34.8 Å². The Morgan fingerprint density at radius 2 is 2.00 bits per heavy atom. The van der Waals surface area contributed by atoms with Gasteiger partial charge in [-0.2, -0.15) is 5.10 Å². The van der Waals surface area contributed by atoms with Crippen molar-refractivity contribution in [2.24, 2.45) is 5.10 Å². The van der Waals surface area contributed by atoms with E-state index in [4.69, 9.17) is 0 Å². The lowest BCUT2D eigenvalue weighted by Gasteiger charge is -2.02. The molecule has 0 fully saturated rings. The molecule has 1 aromatic rings. The van der Waals surface area contributed by atoms with E-state index >= 15 is 0 Å². The van der Waals surface area contributed by atoms with E-state index in [0.717, 1.165) is 13.0 Å². The van der Waals surface area contributed by atoms with Crippen molar-refractivity contribution in [1.29, 1.82) is 0 Å². The van der Waals surface area contributed by atoms with Gasteiger partial charge in [0.15, 0.2) is 0 Å². The van der Waals surface area contributed by atoms with Crippen molar-refractivity contribution in [3.63, 3.8) is 0 Å². The second-order valence-electron chi connectivity index (χ2n) is 2.62. The second kappa shape index (κ2) is 2.74. The average molecular weight is 146 g/mol. The monoisotopic (exact) mass is 146 g/mol. The van der Waals surface area contributed by atoms with E-state index < -0.39 is 0 Å². The van der Waals surface area contributed by atoms with Gasteiger partial charge in [-0.05, 0) is 11.1 Å². The lowest BCUT2D eigenvalue weighted by atomic mass is 10.1. The number of hydrogen-bond acceptors (Lipinski definition) is 2. The van der Waals surface area contributed by atoms with Crippen LogP contribution in [-0.4, -0.2) is 6.21 Å². The van der Waals surface area contributed by atoms with Gasteiger partial charge in [-0.1, -0.05) is 24.3 Å². The minimum Gasteiger partial charge on any atom is -0.306 e. The Balaban J connectivity index is 2.40. The molecule has 0 radical (unpaired) electrons. The molecule has 0 unspecified atom stereocenters. The van der Waals surface area contributed by atoms with E-state index in [1.807, 2.05) is 6.21 Å². The highest BCUT2D eigenvalue weighted by atomic mass is 15.3. The van der Waals surface area contributed by atoms with Crippen LogP contribution in [-0.2, 0) is 13.0 Å². The van der Waals surface area contributed by atoms with Crippen molar-refractivity contribution in [3.05, 3.63) is 35.4 Å². The quantitative estimate of drug-likeness (QED) is 0.586. The number of benzene rings is 1. The van der Waals surface area contributed by atoms with E-state index in [1.54, 1.807) is 0 Å². The number of rotatable bonds is 0. The van der Waals surface area contributed by atoms with Gasteiger partial charge >= 0.3 is 0 Å². The van der Waals surface area contributed by atoms with Gasteiger partial charge < -0.3 is 5.43 Å². The molecular weight excluding hydrogens is 136 g/mol. The largest absolute Gasteiger partial charge is 0.306 e. The fourth-order valence-corrected chi connectivity index (χ4v) is 1.27. The van der Waals surface area contributed by atoms with E-state index in [-0.39, 0.29) is 0 Å². The predicted octanol–water partition coefficient (Wildman–Crippen LogP) is 1.32. The van der Waals surface area contributed by atoms with Gasteiger partial charge in [0, 0.05) is 12.6 Å². The third-order valence-electron chi connectivity index (χ3n) is 1.88. The molecule has 0 bridgehead atoms. The lowest BCUT2D eigenvalue weighted by Crippen LogP contribution is -2.03. The summed E-state index contributed by atoms with van der Waals surface area (Å²) in [7, 11) is 0. The smallest absolute Gasteiger partial charge is 0.0582 e. The van der Waals surface area contributed by atoms with E-state index in [0.29, 0.717) is 0 Å². The fourth-order valence-electron chi connectivity index (χ4n) is 1.27. The van der Waals surface area contributed by atoms with Crippen LogP contribution < -0.4 is 5.43 Å². The van der Waals surface area contributed by atoms with Crippen molar-refractivity contribution in [1.82, 2.24) is 5.43 Å². The van der Waals surface area contributed by atoms with Crippen molar-refractivity contribution >= 4 is 6.21 Å². The molecule has 1 aliphatic heterocycles. The summed E-state index contributed by atoms with van der Waals surface area (Å²) in [5.74, 6) is 0. The van der Waals surface area contributed by atoms with Gasteiger partial charge in [0.25, 0.3) is 0 Å². The number of hydrogen-bond donors (Lipinski definition) is 1. The Kier molecular flexibility index (Phi) is 1.60. The molecule has 1 N–H and O–H groups in total. The molecule has 1 aromatic carbocycles. The minimum absolute atomic E-state index is 0.854. The zero-order valence-electron chi connectivity index (χ0n) is 6.25. The fraction of sp³-hybridized carbons (Fsp3) is 0.222. The maximum Gasteiger partial charge on any atom is 0.0582 e.